The SMILES string of the molecule is Fc1cc(Nc2coc3cnccc23)ccc1Cl. The Morgan fingerprint density at radius 3 is 3.00 bits per heavy atom. The minimum absolute atomic E-state index is 0.0989. The smallest absolute Gasteiger partial charge is 0.154 e. The van der Waals surface area contributed by atoms with E-state index in [4.69, 9.17) is 16.0 Å². The van der Waals surface area contributed by atoms with Gasteiger partial charge in [-0.3, -0.25) is 4.98 Å². The third kappa shape index (κ3) is 1.91. The van der Waals surface area contributed by atoms with Crippen molar-refractivity contribution in [2.75, 3.05) is 5.32 Å². The molecule has 0 spiro atoms. The summed E-state index contributed by atoms with van der Waals surface area (Å²) in [6, 6.07) is 6.37. The number of aromatic nitrogens is 1. The summed E-state index contributed by atoms with van der Waals surface area (Å²) in [5.41, 5.74) is 2.04. The number of pyridine rings is 1. The largest absolute Gasteiger partial charge is 0.460 e. The minimum atomic E-state index is -0.462. The first-order valence-corrected chi connectivity index (χ1v) is 5.65. The van der Waals surface area contributed by atoms with Crippen LogP contribution < -0.4 is 5.32 Å². The number of hydrogen-bond donors (Lipinski definition) is 1. The molecule has 2 heterocycles. The summed E-state index contributed by atoms with van der Waals surface area (Å²) < 4.78 is 18.6. The Morgan fingerprint density at radius 2 is 2.17 bits per heavy atom. The molecule has 3 aromatic rings. The summed E-state index contributed by atoms with van der Waals surface area (Å²) in [7, 11) is 0. The third-order valence-corrected chi connectivity index (χ3v) is 2.88. The lowest BCUT2D eigenvalue weighted by Crippen LogP contribution is -1.90. The summed E-state index contributed by atoms with van der Waals surface area (Å²) in [4.78, 5) is 3.96. The molecular formula is C13H8ClFN2O. The Bertz CT molecular complexity index is 711. The highest BCUT2D eigenvalue weighted by atomic mass is 35.5. The van der Waals surface area contributed by atoms with Crippen molar-refractivity contribution < 1.29 is 8.81 Å². The molecule has 0 saturated heterocycles. The third-order valence-electron chi connectivity index (χ3n) is 2.58. The summed E-state index contributed by atoms with van der Waals surface area (Å²) in [5.74, 6) is -0.462. The van der Waals surface area contributed by atoms with E-state index in [9.17, 15) is 4.39 Å². The van der Waals surface area contributed by atoms with Crippen molar-refractivity contribution in [2.45, 2.75) is 0 Å². The molecule has 0 amide bonds. The van der Waals surface area contributed by atoms with Crippen LogP contribution in [0.15, 0.2) is 47.3 Å². The van der Waals surface area contributed by atoms with Crippen LogP contribution >= 0.6 is 11.6 Å². The highest BCUT2D eigenvalue weighted by molar-refractivity contribution is 6.30. The fraction of sp³-hybridized carbons (Fsp3) is 0. The maximum absolute atomic E-state index is 13.3. The van der Waals surface area contributed by atoms with Crippen LogP contribution in [0.2, 0.25) is 5.02 Å². The van der Waals surface area contributed by atoms with Gasteiger partial charge < -0.3 is 9.73 Å². The Labute approximate surface area is 107 Å². The summed E-state index contributed by atoms with van der Waals surface area (Å²) in [6.07, 6.45) is 4.87. The molecule has 0 fully saturated rings. The van der Waals surface area contributed by atoms with E-state index >= 15 is 0 Å². The number of fused-ring (bicyclic) bond motifs is 1. The molecule has 18 heavy (non-hydrogen) atoms. The fourth-order valence-corrected chi connectivity index (χ4v) is 1.83. The topological polar surface area (TPSA) is 38.1 Å². The molecule has 1 N–H and O–H groups in total. The number of halogens is 2. The monoisotopic (exact) mass is 262 g/mol. The Morgan fingerprint density at radius 1 is 1.28 bits per heavy atom. The van der Waals surface area contributed by atoms with E-state index in [1.54, 1.807) is 24.7 Å². The van der Waals surface area contributed by atoms with Crippen LogP contribution in [0, 0.1) is 5.82 Å². The van der Waals surface area contributed by atoms with Crippen LogP contribution in [0.25, 0.3) is 11.0 Å². The van der Waals surface area contributed by atoms with Crippen LogP contribution in [-0.4, -0.2) is 4.98 Å². The maximum Gasteiger partial charge on any atom is 0.154 e. The van der Waals surface area contributed by atoms with Crippen LogP contribution in [0.3, 0.4) is 0 Å². The number of hydrogen-bond acceptors (Lipinski definition) is 3. The average molecular weight is 263 g/mol. The molecule has 2 aromatic heterocycles. The Kier molecular flexibility index (Phi) is 2.64. The van der Waals surface area contributed by atoms with Crippen LogP contribution in [0.4, 0.5) is 15.8 Å². The molecular weight excluding hydrogens is 255 g/mol. The molecule has 0 atom stereocenters. The van der Waals surface area contributed by atoms with Gasteiger partial charge in [0.15, 0.2) is 5.58 Å². The second-order valence-corrected chi connectivity index (χ2v) is 4.18. The standard InChI is InChI=1S/C13H8ClFN2O/c14-10-2-1-8(5-11(10)15)17-12-7-18-13-6-16-4-3-9(12)13/h1-7,17H. The molecule has 0 saturated carbocycles. The molecule has 5 heteroatoms. The van der Waals surface area contributed by atoms with Crippen molar-refractivity contribution in [3.8, 4) is 0 Å². The van der Waals surface area contributed by atoms with Crippen molar-refractivity contribution in [1.29, 1.82) is 0 Å². The van der Waals surface area contributed by atoms with Crippen molar-refractivity contribution >= 4 is 33.9 Å². The Hall–Kier alpha value is -2.07. The van der Waals surface area contributed by atoms with E-state index in [2.05, 4.69) is 10.3 Å². The molecule has 3 nitrogen and oxygen atoms in total. The quantitative estimate of drug-likeness (QED) is 0.745. The van der Waals surface area contributed by atoms with E-state index in [1.165, 1.54) is 12.1 Å². The number of benzene rings is 1. The second-order valence-electron chi connectivity index (χ2n) is 3.78. The van der Waals surface area contributed by atoms with Crippen molar-refractivity contribution in [3.63, 3.8) is 0 Å². The zero-order valence-corrected chi connectivity index (χ0v) is 9.91. The molecule has 0 bridgehead atoms. The molecule has 0 aliphatic carbocycles. The lowest BCUT2D eigenvalue weighted by atomic mass is 10.2. The van der Waals surface area contributed by atoms with E-state index < -0.39 is 5.82 Å². The second kappa shape index (κ2) is 4.31. The molecule has 0 aliphatic rings. The van der Waals surface area contributed by atoms with E-state index in [0.29, 0.717) is 11.3 Å². The molecule has 3 rings (SSSR count). The van der Waals surface area contributed by atoms with Crippen molar-refractivity contribution in [3.05, 3.63) is 53.8 Å². The number of nitrogens with one attached hydrogen (secondary N) is 1. The first kappa shape index (κ1) is 11.0. The molecule has 90 valence electrons. The Balaban J connectivity index is 1.98. The minimum Gasteiger partial charge on any atom is -0.460 e. The van der Waals surface area contributed by atoms with E-state index in [1.807, 2.05) is 6.07 Å². The first-order chi connectivity index (χ1) is 8.74. The maximum atomic E-state index is 13.3. The van der Waals surface area contributed by atoms with Crippen LogP contribution in [-0.2, 0) is 0 Å². The molecule has 0 unspecified atom stereocenters. The zero-order valence-electron chi connectivity index (χ0n) is 9.15. The van der Waals surface area contributed by atoms with Gasteiger partial charge in [-0.15, -0.1) is 0 Å². The van der Waals surface area contributed by atoms with E-state index in [0.717, 1.165) is 11.1 Å². The van der Waals surface area contributed by atoms with Gasteiger partial charge in [0.05, 0.1) is 16.9 Å². The van der Waals surface area contributed by atoms with Gasteiger partial charge in [-0.05, 0) is 24.3 Å². The number of furan rings is 1. The average Bonchev–Trinajstić information content (AvgIpc) is 2.78. The predicted molar refractivity (Wildman–Crippen MR) is 68.7 cm³/mol. The van der Waals surface area contributed by atoms with Crippen LogP contribution in [0.5, 0.6) is 0 Å². The molecule has 0 radical (unpaired) electrons. The summed E-state index contributed by atoms with van der Waals surface area (Å²) in [5, 5.41) is 4.06. The fourth-order valence-electron chi connectivity index (χ4n) is 1.71. The summed E-state index contributed by atoms with van der Waals surface area (Å²) >= 11 is 5.63. The van der Waals surface area contributed by atoms with Gasteiger partial charge in [0, 0.05) is 17.3 Å². The zero-order chi connectivity index (χ0) is 12.5. The molecule has 0 aliphatic heterocycles. The van der Waals surface area contributed by atoms with Gasteiger partial charge >= 0.3 is 0 Å². The highest BCUT2D eigenvalue weighted by Gasteiger charge is 2.07. The summed E-state index contributed by atoms with van der Waals surface area (Å²) in [6.45, 7) is 0. The highest BCUT2D eigenvalue weighted by Crippen LogP contribution is 2.28. The van der Waals surface area contributed by atoms with Gasteiger partial charge in [-0.1, -0.05) is 11.6 Å². The van der Waals surface area contributed by atoms with Crippen LogP contribution in [0.1, 0.15) is 0 Å². The first-order valence-electron chi connectivity index (χ1n) is 5.27. The number of anilines is 2. The van der Waals surface area contributed by atoms with Crippen molar-refractivity contribution in [2.24, 2.45) is 0 Å². The lowest BCUT2D eigenvalue weighted by molar-refractivity contribution is 0.615. The van der Waals surface area contributed by atoms with Gasteiger partial charge in [-0.2, -0.15) is 0 Å². The predicted octanol–water partition coefficient (Wildman–Crippen LogP) is 4.36. The van der Waals surface area contributed by atoms with Gasteiger partial charge in [0.25, 0.3) is 0 Å². The van der Waals surface area contributed by atoms with Gasteiger partial charge in [-0.25, -0.2) is 4.39 Å². The normalized spacial score (nSPS) is 10.8. The van der Waals surface area contributed by atoms with Crippen molar-refractivity contribution in [1.82, 2.24) is 4.98 Å². The number of rotatable bonds is 2. The number of nitrogens with zero attached hydrogens (tertiary/aromatic N) is 1. The molecule has 1 aromatic carbocycles. The lowest BCUT2D eigenvalue weighted by Gasteiger charge is -2.04. The van der Waals surface area contributed by atoms with E-state index in [-0.39, 0.29) is 5.02 Å². The van der Waals surface area contributed by atoms with Gasteiger partial charge in [0.2, 0.25) is 0 Å². The van der Waals surface area contributed by atoms with Gasteiger partial charge in [0.1, 0.15) is 12.1 Å².